The van der Waals surface area contributed by atoms with Gasteiger partial charge in [0.1, 0.15) is 40.9 Å². The van der Waals surface area contributed by atoms with Crippen LogP contribution in [-0.4, -0.2) is 89.2 Å². The minimum absolute atomic E-state index is 0.832. The number of anilines is 3. The molecule has 4 aromatic carbocycles. The Morgan fingerprint density at radius 1 is 0.583 bits per heavy atom. The minimum atomic E-state index is 0.832. The van der Waals surface area contributed by atoms with Crippen molar-refractivity contribution in [1.29, 1.82) is 0 Å². The molecule has 0 atom stereocenters. The lowest BCUT2D eigenvalue weighted by molar-refractivity contribution is -0.735. The van der Waals surface area contributed by atoms with Crippen LogP contribution >= 0.6 is 22.7 Å². The van der Waals surface area contributed by atoms with Crippen molar-refractivity contribution in [3.05, 3.63) is 144 Å². The number of para-hydroxylation sites is 2. The maximum absolute atomic E-state index is 7.54. The third kappa shape index (κ3) is 29.2. The van der Waals surface area contributed by atoms with E-state index in [-0.39, 0.29) is 0 Å². The van der Waals surface area contributed by atoms with Crippen molar-refractivity contribution in [3.8, 4) is 11.5 Å². The fourth-order valence-electron chi connectivity index (χ4n) is 7.00. The van der Waals surface area contributed by atoms with Gasteiger partial charge < -0.3 is 20.0 Å². The van der Waals surface area contributed by atoms with Gasteiger partial charge in [-0.3, -0.25) is 15.6 Å². The predicted molar refractivity (Wildman–Crippen MR) is 298 cm³/mol. The van der Waals surface area contributed by atoms with Crippen molar-refractivity contribution < 1.29 is 50.3 Å². The zero-order valence-electron chi connectivity index (χ0n) is 42.3. The van der Waals surface area contributed by atoms with E-state index in [1.54, 1.807) is 49.6 Å². The molecule has 0 aliphatic heterocycles. The average molecular weight is 1030 g/mol. The van der Waals surface area contributed by atoms with Crippen molar-refractivity contribution >= 4 is 87.1 Å². The Balaban J connectivity index is 0.000000240. The molecule has 0 saturated heterocycles. The quantitative estimate of drug-likeness (QED) is 0.0210. The predicted octanol–water partition coefficient (Wildman–Crippen LogP) is 1.93. The lowest BCUT2D eigenvalue weighted by Crippen LogP contribution is -2.93. The van der Waals surface area contributed by atoms with E-state index in [1.807, 2.05) is 171 Å². The molecule has 0 radical (unpaired) electrons. The van der Waals surface area contributed by atoms with Gasteiger partial charge in [-0.25, -0.2) is 36.1 Å². The van der Waals surface area contributed by atoms with Gasteiger partial charge in [0, 0.05) is 6.04 Å². The first-order valence-corrected chi connectivity index (χ1v) is 26.1. The highest BCUT2D eigenvalue weighted by molar-refractivity contribution is 7.14. The summed E-state index contributed by atoms with van der Waals surface area (Å²) in [6.07, 6.45) is 22.5. The van der Waals surface area contributed by atoms with Crippen LogP contribution in [0.5, 0.6) is 11.5 Å². The summed E-state index contributed by atoms with van der Waals surface area (Å²) in [7, 11) is 6.99. The Bertz CT molecular complexity index is 2260. The fraction of sp³-hybridized carbons (Fsp3) is 0.315. The highest BCUT2D eigenvalue weighted by Gasteiger charge is 2.17. The van der Waals surface area contributed by atoms with Crippen molar-refractivity contribution in [2.75, 3.05) is 50.9 Å². The molecular weight excluding hydrogens is 945 g/mol. The standard InChI is InChI=1S/C15H16N2O2.C13H26N2.C13H12N2.C9H8N2S2.C3H8N2.CH4N2O2/c1-18-14-7-3-12(4-8-14)16-11-17-13-5-9-15(19-2)10-6-13;2*1-3-7-12(8-4-1)14-11-15-13-9-5-2-6-10-13;1-3-8(12-5-1)10-7-11-9-4-2-6-13-9;1-4-3-5-2;4-2-1-3-5/h3-11H,1-2H3,(H,16,17);12-15H,1-11H2;1-11H,(H,14,15);1-7H,(H,10,11);3H,1-2H3,(H,4,5);1,4-5H,(H,2,3)/p+6. The Hall–Kier alpha value is -7.09. The largest absolute Gasteiger partial charge is 0.497 e. The number of methoxy groups -OCH3 is 2. The van der Waals surface area contributed by atoms with Crippen LogP contribution in [0, 0.1) is 0 Å². The zero-order chi connectivity index (χ0) is 51.4. The van der Waals surface area contributed by atoms with Gasteiger partial charge in [-0.1, -0.05) is 67.2 Å². The van der Waals surface area contributed by atoms with Crippen LogP contribution in [0.1, 0.15) is 64.2 Å². The van der Waals surface area contributed by atoms with Crippen LogP contribution in [-0.2, 0) is 0 Å². The molecule has 386 valence electrons. The van der Waals surface area contributed by atoms with E-state index >= 15 is 0 Å². The number of quaternary nitrogens is 1. The third-order valence-corrected chi connectivity index (χ3v) is 12.3. The molecule has 8 rings (SSSR count). The molecular formula is C54H80N12O4S2+6. The second-order valence-corrected chi connectivity index (χ2v) is 17.8. The lowest BCUT2D eigenvalue weighted by atomic mass is 9.95. The van der Waals surface area contributed by atoms with Crippen LogP contribution in [0.25, 0.3) is 0 Å². The van der Waals surface area contributed by atoms with E-state index in [4.69, 9.17) is 19.9 Å². The highest BCUT2D eigenvalue weighted by Crippen LogP contribution is 2.18. The molecule has 2 aliphatic rings. The molecule has 72 heavy (non-hydrogen) atoms. The molecule has 2 saturated carbocycles. The van der Waals surface area contributed by atoms with Gasteiger partial charge in [-0.2, -0.15) is 0 Å². The number of hydrogen-bond donors (Lipinski definition) is 14. The average Bonchev–Trinajstić information content (AvgIpc) is 4.18. The molecule has 0 unspecified atom stereocenters. The van der Waals surface area contributed by atoms with E-state index in [0.717, 1.165) is 69.3 Å². The van der Waals surface area contributed by atoms with E-state index in [0.29, 0.717) is 0 Å². The normalized spacial score (nSPS) is 13.5. The van der Waals surface area contributed by atoms with Crippen LogP contribution in [0.15, 0.2) is 144 Å². The number of rotatable bonds is 17. The summed E-state index contributed by atoms with van der Waals surface area (Å²) in [4.78, 5) is 12.2. The molecule has 2 fully saturated rings. The van der Waals surface area contributed by atoms with Gasteiger partial charge >= 0.3 is 0 Å². The van der Waals surface area contributed by atoms with Gasteiger partial charge in [0.2, 0.25) is 25.4 Å². The van der Waals surface area contributed by atoms with E-state index in [9.17, 15) is 0 Å². The van der Waals surface area contributed by atoms with Crippen LogP contribution in [0.2, 0.25) is 0 Å². The fourth-order valence-corrected chi connectivity index (χ4v) is 8.18. The molecule has 16 nitrogen and oxygen atoms in total. The molecule has 0 spiro atoms. The van der Waals surface area contributed by atoms with E-state index in [1.165, 1.54) is 74.8 Å². The number of nitrogens with one attached hydrogen (secondary N) is 11. The van der Waals surface area contributed by atoms with Gasteiger partial charge in [-0.05, 0) is 146 Å². The molecule has 0 amide bonds. The smallest absolute Gasteiger partial charge is 0.298 e. The van der Waals surface area contributed by atoms with Crippen molar-refractivity contribution in [2.24, 2.45) is 0 Å². The number of nitrogens with two attached hydrogens (primary N) is 1. The van der Waals surface area contributed by atoms with Crippen LogP contribution < -0.4 is 72.0 Å². The topological polar surface area (TPSA) is 218 Å². The Kier molecular flexibility index (Phi) is 33.4. The Morgan fingerprint density at radius 2 is 1.12 bits per heavy atom. The van der Waals surface area contributed by atoms with Crippen LogP contribution in [0.4, 0.5) is 32.8 Å². The van der Waals surface area contributed by atoms with E-state index in [2.05, 4.69) is 51.9 Å². The first-order chi connectivity index (χ1) is 35.5. The zero-order valence-corrected chi connectivity index (χ0v) is 43.9. The summed E-state index contributed by atoms with van der Waals surface area (Å²) < 4.78 is 10.2. The molecule has 2 aliphatic carbocycles. The SMILES string of the molecule is C(Nc1ccccc1)=[NH+]c1ccccc1.C(Nc1cccs1)=[NH+]c1cccs1.C1CCC(NC[NH2+]C2CCCCC2)CC1.CNC=[NH+]C.COc1ccc(NC=[NH+]c2ccc(OC)cc2)cc1.ONC=[NH+]O. The van der Waals surface area contributed by atoms with Gasteiger partial charge in [0.05, 0.1) is 34.4 Å². The van der Waals surface area contributed by atoms with Gasteiger partial charge in [-0.15, -0.1) is 28.2 Å². The van der Waals surface area contributed by atoms with Gasteiger partial charge in [0.15, 0.2) is 10.0 Å². The summed E-state index contributed by atoms with van der Waals surface area (Å²) in [6, 6.07) is 45.4. The maximum atomic E-state index is 7.54. The second-order valence-electron chi connectivity index (χ2n) is 15.9. The lowest BCUT2D eigenvalue weighted by Gasteiger charge is -2.24. The molecule has 6 aromatic rings. The van der Waals surface area contributed by atoms with Gasteiger partial charge in [0.25, 0.3) is 6.34 Å². The van der Waals surface area contributed by atoms with Crippen molar-refractivity contribution in [3.63, 3.8) is 0 Å². The maximum Gasteiger partial charge on any atom is 0.298 e. The molecule has 2 heterocycles. The molecule has 18 heteroatoms. The molecule has 0 bridgehead atoms. The highest BCUT2D eigenvalue weighted by atomic mass is 32.1. The molecule has 15 N–H and O–H groups in total. The van der Waals surface area contributed by atoms with Crippen molar-refractivity contribution in [2.45, 2.75) is 76.3 Å². The number of hydroxylamine groups is 1. The number of hydrogen-bond acceptors (Lipinski definition) is 7. The number of benzene rings is 4. The summed E-state index contributed by atoms with van der Waals surface area (Å²) in [5.74, 6) is 1.68. The first-order valence-electron chi connectivity index (χ1n) is 24.3. The third-order valence-electron chi connectivity index (χ3n) is 10.7. The van der Waals surface area contributed by atoms with E-state index < -0.39 is 0 Å². The first kappa shape index (κ1) is 59.2. The Morgan fingerprint density at radius 3 is 1.62 bits per heavy atom. The number of thiophene rings is 2. The molecule has 2 aromatic heterocycles. The second kappa shape index (κ2) is 40.6. The monoisotopic (exact) mass is 1020 g/mol. The summed E-state index contributed by atoms with van der Waals surface area (Å²) in [6.45, 7) is 1.16. The number of ether oxygens (including phenoxy) is 2. The van der Waals surface area contributed by atoms with Crippen LogP contribution in [0.3, 0.4) is 0 Å². The summed E-state index contributed by atoms with van der Waals surface area (Å²) in [5.41, 5.74) is 5.65. The summed E-state index contributed by atoms with van der Waals surface area (Å²) in [5, 5.41) is 41.5. The minimum Gasteiger partial charge on any atom is -0.497 e. The summed E-state index contributed by atoms with van der Waals surface area (Å²) >= 11 is 3.36. The van der Waals surface area contributed by atoms with Crippen molar-refractivity contribution in [1.82, 2.24) is 16.1 Å². The Labute approximate surface area is 434 Å².